The molecule has 2 nitrogen and oxygen atoms in total. The van der Waals surface area contributed by atoms with E-state index >= 15 is 0 Å². The molecule has 0 radical (unpaired) electrons. The van der Waals surface area contributed by atoms with Crippen molar-refractivity contribution in [2.24, 2.45) is 0 Å². The third kappa shape index (κ3) is 1.72. The van der Waals surface area contributed by atoms with Gasteiger partial charge in [-0.25, -0.2) is 4.98 Å². The zero-order valence-electron chi connectivity index (χ0n) is 7.44. The fourth-order valence-corrected chi connectivity index (χ4v) is 1.21. The molecule has 13 heavy (non-hydrogen) atoms. The molecular formula is C11H10N2. The summed E-state index contributed by atoms with van der Waals surface area (Å²) >= 11 is 0. The van der Waals surface area contributed by atoms with Gasteiger partial charge in [-0.05, 0) is 6.92 Å². The van der Waals surface area contributed by atoms with Crippen molar-refractivity contribution < 1.29 is 0 Å². The Morgan fingerprint density at radius 3 is 2.46 bits per heavy atom. The first-order valence-corrected chi connectivity index (χ1v) is 4.20. The number of benzene rings is 1. The molecule has 0 N–H and O–H groups in total. The van der Waals surface area contributed by atoms with Crippen molar-refractivity contribution in [3.8, 4) is 11.3 Å². The zero-order valence-corrected chi connectivity index (χ0v) is 7.44. The minimum absolute atomic E-state index is 0.931. The summed E-state index contributed by atoms with van der Waals surface area (Å²) in [5, 5.41) is 0. The van der Waals surface area contributed by atoms with Crippen LogP contribution in [-0.2, 0) is 0 Å². The topological polar surface area (TPSA) is 25.8 Å². The van der Waals surface area contributed by atoms with Crippen molar-refractivity contribution in [2.45, 2.75) is 6.92 Å². The van der Waals surface area contributed by atoms with Gasteiger partial charge in [0.15, 0.2) is 0 Å². The molecular weight excluding hydrogens is 160 g/mol. The first kappa shape index (κ1) is 7.92. The Kier molecular flexibility index (Phi) is 2.04. The SMILES string of the molecule is Cc1cncc(-c2ccccc2)n1. The molecule has 0 aliphatic rings. The van der Waals surface area contributed by atoms with Crippen LogP contribution in [0, 0.1) is 6.92 Å². The second-order valence-corrected chi connectivity index (χ2v) is 2.91. The first-order valence-electron chi connectivity index (χ1n) is 4.20. The Morgan fingerprint density at radius 1 is 1.00 bits per heavy atom. The summed E-state index contributed by atoms with van der Waals surface area (Å²) in [4.78, 5) is 8.48. The van der Waals surface area contributed by atoms with E-state index in [1.165, 1.54) is 0 Å². The molecule has 1 aromatic carbocycles. The third-order valence-corrected chi connectivity index (χ3v) is 1.82. The summed E-state index contributed by atoms with van der Waals surface area (Å²) in [5.74, 6) is 0. The van der Waals surface area contributed by atoms with E-state index in [1.54, 1.807) is 12.4 Å². The van der Waals surface area contributed by atoms with Gasteiger partial charge in [-0.3, -0.25) is 4.98 Å². The van der Waals surface area contributed by atoms with E-state index in [9.17, 15) is 0 Å². The third-order valence-electron chi connectivity index (χ3n) is 1.82. The smallest absolute Gasteiger partial charge is 0.0888 e. The van der Waals surface area contributed by atoms with Crippen LogP contribution in [0.3, 0.4) is 0 Å². The molecule has 1 heterocycles. The Morgan fingerprint density at radius 2 is 1.77 bits per heavy atom. The quantitative estimate of drug-likeness (QED) is 0.657. The lowest BCUT2D eigenvalue weighted by Gasteiger charge is -1.99. The minimum Gasteiger partial charge on any atom is -0.261 e. The number of rotatable bonds is 1. The summed E-state index contributed by atoms with van der Waals surface area (Å²) in [6.45, 7) is 1.94. The molecule has 1 aromatic heterocycles. The molecule has 0 aliphatic carbocycles. The molecule has 0 spiro atoms. The highest BCUT2D eigenvalue weighted by atomic mass is 14.8. The van der Waals surface area contributed by atoms with Gasteiger partial charge in [-0.2, -0.15) is 0 Å². The molecule has 0 bridgehead atoms. The van der Waals surface area contributed by atoms with Crippen molar-refractivity contribution in [1.82, 2.24) is 9.97 Å². The highest BCUT2D eigenvalue weighted by Crippen LogP contribution is 2.14. The van der Waals surface area contributed by atoms with Crippen LogP contribution in [-0.4, -0.2) is 9.97 Å². The Labute approximate surface area is 77.3 Å². The second-order valence-electron chi connectivity index (χ2n) is 2.91. The molecule has 64 valence electrons. The van der Waals surface area contributed by atoms with Crippen LogP contribution in [0.5, 0.6) is 0 Å². The summed E-state index contributed by atoms with van der Waals surface area (Å²) < 4.78 is 0. The lowest BCUT2D eigenvalue weighted by atomic mass is 10.2. The van der Waals surface area contributed by atoms with E-state index in [4.69, 9.17) is 0 Å². The minimum atomic E-state index is 0.931. The largest absolute Gasteiger partial charge is 0.261 e. The number of nitrogens with zero attached hydrogens (tertiary/aromatic N) is 2. The van der Waals surface area contributed by atoms with Gasteiger partial charge in [0, 0.05) is 11.8 Å². The maximum absolute atomic E-state index is 4.38. The Balaban J connectivity index is 2.48. The van der Waals surface area contributed by atoms with Crippen LogP contribution in [0.15, 0.2) is 42.7 Å². The number of aromatic nitrogens is 2. The van der Waals surface area contributed by atoms with E-state index < -0.39 is 0 Å². The fraction of sp³-hybridized carbons (Fsp3) is 0.0909. The molecule has 0 unspecified atom stereocenters. The number of aryl methyl sites for hydroxylation is 1. The van der Waals surface area contributed by atoms with Gasteiger partial charge in [0.25, 0.3) is 0 Å². The van der Waals surface area contributed by atoms with E-state index in [1.807, 2.05) is 37.3 Å². The molecule has 2 rings (SSSR count). The van der Waals surface area contributed by atoms with Crippen LogP contribution < -0.4 is 0 Å². The fourth-order valence-electron chi connectivity index (χ4n) is 1.21. The molecule has 2 aromatic rings. The monoisotopic (exact) mass is 170 g/mol. The number of hydrogen-bond acceptors (Lipinski definition) is 2. The predicted molar refractivity (Wildman–Crippen MR) is 52.2 cm³/mol. The van der Waals surface area contributed by atoms with Crippen LogP contribution >= 0.6 is 0 Å². The number of hydrogen-bond donors (Lipinski definition) is 0. The van der Waals surface area contributed by atoms with Gasteiger partial charge in [-0.15, -0.1) is 0 Å². The van der Waals surface area contributed by atoms with Crippen molar-refractivity contribution in [3.63, 3.8) is 0 Å². The van der Waals surface area contributed by atoms with Crippen molar-refractivity contribution in [3.05, 3.63) is 48.4 Å². The zero-order chi connectivity index (χ0) is 9.10. The molecule has 0 aliphatic heterocycles. The molecule has 0 saturated heterocycles. The van der Waals surface area contributed by atoms with Crippen molar-refractivity contribution >= 4 is 0 Å². The highest BCUT2D eigenvalue weighted by molar-refractivity contribution is 5.57. The van der Waals surface area contributed by atoms with Gasteiger partial charge < -0.3 is 0 Å². The lowest BCUT2D eigenvalue weighted by Crippen LogP contribution is -1.87. The van der Waals surface area contributed by atoms with Crippen molar-refractivity contribution in [1.29, 1.82) is 0 Å². The van der Waals surface area contributed by atoms with Crippen LogP contribution in [0.2, 0.25) is 0 Å². The van der Waals surface area contributed by atoms with Crippen molar-refractivity contribution in [2.75, 3.05) is 0 Å². The average molecular weight is 170 g/mol. The highest BCUT2D eigenvalue weighted by Gasteiger charge is 1.97. The van der Waals surface area contributed by atoms with Gasteiger partial charge in [0.1, 0.15) is 0 Å². The maximum atomic E-state index is 4.38. The second kappa shape index (κ2) is 3.35. The molecule has 0 fully saturated rings. The van der Waals surface area contributed by atoms with Gasteiger partial charge >= 0.3 is 0 Å². The summed E-state index contributed by atoms with van der Waals surface area (Å²) in [5.41, 5.74) is 2.99. The average Bonchev–Trinajstić information content (AvgIpc) is 2.19. The van der Waals surface area contributed by atoms with Gasteiger partial charge in [0.05, 0.1) is 17.6 Å². The van der Waals surface area contributed by atoms with Crippen LogP contribution in [0.4, 0.5) is 0 Å². The van der Waals surface area contributed by atoms with Crippen LogP contribution in [0.1, 0.15) is 5.69 Å². The van der Waals surface area contributed by atoms with E-state index in [-0.39, 0.29) is 0 Å². The van der Waals surface area contributed by atoms with E-state index in [2.05, 4.69) is 9.97 Å². The summed E-state index contributed by atoms with van der Waals surface area (Å²) in [6, 6.07) is 10.1. The summed E-state index contributed by atoms with van der Waals surface area (Å²) in [6.07, 6.45) is 3.54. The van der Waals surface area contributed by atoms with Gasteiger partial charge in [-0.1, -0.05) is 30.3 Å². The first-order chi connectivity index (χ1) is 6.36. The summed E-state index contributed by atoms with van der Waals surface area (Å²) in [7, 11) is 0. The Hall–Kier alpha value is -1.70. The van der Waals surface area contributed by atoms with Gasteiger partial charge in [0.2, 0.25) is 0 Å². The Bertz CT molecular complexity index is 396. The molecule has 0 atom stereocenters. The van der Waals surface area contributed by atoms with E-state index in [0.29, 0.717) is 0 Å². The molecule has 0 saturated carbocycles. The maximum Gasteiger partial charge on any atom is 0.0888 e. The van der Waals surface area contributed by atoms with Crippen LogP contribution in [0.25, 0.3) is 11.3 Å². The lowest BCUT2D eigenvalue weighted by molar-refractivity contribution is 1.12. The molecule has 2 heteroatoms. The predicted octanol–water partition coefficient (Wildman–Crippen LogP) is 2.45. The standard InChI is InChI=1S/C11H10N2/c1-9-7-12-8-11(13-9)10-5-3-2-4-6-10/h2-8H,1H3. The normalized spacial score (nSPS) is 9.92. The molecule has 0 amide bonds. The van der Waals surface area contributed by atoms with E-state index in [0.717, 1.165) is 17.0 Å².